The monoisotopic (exact) mass is 433 g/mol. The number of terminal acetylenes is 1. The molecule has 2 aliphatic carbocycles. The van der Waals surface area contributed by atoms with Crippen molar-refractivity contribution < 1.29 is 9.90 Å². The maximum atomic E-state index is 12.7. The molecule has 1 saturated heterocycles. The number of Topliss-reactive ketones (excluding diaryl/α,β-unsaturated/α-hetero) is 1. The second-order valence-electron chi connectivity index (χ2n) is 8.78. The van der Waals surface area contributed by atoms with Crippen molar-refractivity contribution in [1.82, 2.24) is 19.9 Å². The number of rotatable bonds is 5. The Morgan fingerprint density at radius 3 is 2.31 bits per heavy atom. The summed E-state index contributed by atoms with van der Waals surface area (Å²) >= 11 is 0. The quantitative estimate of drug-likeness (QED) is 0.677. The van der Waals surface area contributed by atoms with Crippen LogP contribution in [-0.4, -0.2) is 69.2 Å². The average Bonchev–Trinajstić information content (AvgIpc) is 2.81. The van der Waals surface area contributed by atoms with Crippen molar-refractivity contribution in [1.29, 1.82) is 0 Å². The summed E-state index contributed by atoms with van der Waals surface area (Å²) < 4.78 is 0. The number of aromatic nitrogens is 4. The molecule has 2 N–H and O–H groups in total. The number of fused-ring (bicyclic) bond motifs is 1. The molecule has 3 aliphatic rings. The molecule has 9 nitrogen and oxygen atoms in total. The van der Waals surface area contributed by atoms with E-state index in [0.717, 1.165) is 64.0 Å². The molecule has 0 amide bonds. The Morgan fingerprint density at radius 1 is 1.03 bits per heavy atom. The number of piperazine rings is 1. The SMILES string of the molecule is C#Cc1cnc(N2CCN(c3nc4c(c(NC5(CO)CCC5)n3)C(=O)CCC4)CC2)nc1. The molecule has 0 atom stereocenters. The molecular weight excluding hydrogens is 406 g/mol. The summed E-state index contributed by atoms with van der Waals surface area (Å²) in [5.74, 6) is 4.50. The molecule has 9 heteroatoms. The number of ketones is 1. The van der Waals surface area contributed by atoms with Gasteiger partial charge in [-0.1, -0.05) is 5.92 Å². The van der Waals surface area contributed by atoms with Crippen molar-refractivity contribution in [3.05, 3.63) is 29.2 Å². The second kappa shape index (κ2) is 8.36. The molecule has 0 bridgehead atoms. The fraction of sp³-hybridized carbons (Fsp3) is 0.522. The van der Waals surface area contributed by atoms with E-state index in [1.54, 1.807) is 12.4 Å². The number of aliphatic hydroxyl groups is 1. The van der Waals surface area contributed by atoms with Crippen LogP contribution in [0.2, 0.25) is 0 Å². The van der Waals surface area contributed by atoms with Gasteiger partial charge in [0.05, 0.1) is 29.0 Å². The molecule has 2 fully saturated rings. The highest BCUT2D eigenvalue weighted by Crippen LogP contribution is 2.37. The summed E-state index contributed by atoms with van der Waals surface area (Å²) in [6.45, 7) is 2.94. The van der Waals surface area contributed by atoms with E-state index in [1.165, 1.54) is 0 Å². The molecule has 2 aromatic heterocycles. The van der Waals surface area contributed by atoms with Crippen LogP contribution in [0.4, 0.5) is 17.7 Å². The van der Waals surface area contributed by atoms with Gasteiger partial charge in [-0.3, -0.25) is 4.79 Å². The average molecular weight is 434 g/mol. The van der Waals surface area contributed by atoms with Gasteiger partial charge in [-0.05, 0) is 32.1 Å². The Hall–Kier alpha value is -3.25. The van der Waals surface area contributed by atoms with Crippen molar-refractivity contribution in [2.75, 3.05) is 47.9 Å². The Balaban J connectivity index is 1.37. The van der Waals surface area contributed by atoms with Crippen LogP contribution in [0, 0.1) is 12.3 Å². The minimum absolute atomic E-state index is 0.0342. The molecular formula is C23H27N7O2. The topological polar surface area (TPSA) is 107 Å². The van der Waals surface area contributed by atoms with E-state index < -0.39 is 0 Å². The summed E-state index contributed by atoms with van der Waals surface area (Å²) in [4.78, 5) is 35.3. The first-order chi connectivity index (χ1) is 15.6. The predicted molar refractivity (Wildman–Crippen MR) is 121 cm³/mol. The number of hydrogen-bond donors (Lipinski definition) is 2. The first-order valence-corrected chi connectivity index (χ1v) is 11.2. The third kappa shape index (κ3) is 3.75. The minimum Gasteiger partial charge on any atom is -0.394 e. The van der Waals surface area contributed by atoms with Gasteiger partial charge in [0.25, 0.3) is 0 Å². The smallest absolute Gasteiger partial charge is 0.227 e. The number of nitrogens with zero attached hydrogens (tertiary/aromatic N) is 6. The summed E-state index contributed by atoms with van der Waals surface area (Å²) in [6.07, 6.45) is 13.6. The normalized spacial score (nSPS) is 19.7. The van der Waals surface area contributed by atoms with E-state index in [0.29, 0.717) is 35.3 Å². The summed E-state index contributed by atoms with van der Waals surface area (Å²) in [7, 11) is 0. The highest BCUT2D eigenvalue weighted by Gasteiger charge is 2.38. The molecule has 0 aromatic carbocycles. The molecule has 0 spiro atoms. The van der Waals surface area contributed by atoms with E-state index >= 15 is 0 Å². The van der Waals surface area contributed by atoms with Gasteiger partial charge in [0.15, 0.2) is 5.78 Å². The molecule has 1 saturated carbocycles. The number of aryl methyl sites for hydroxylation is 1. The molecule has 0 radical (unpaired) electrons. The zero-order valence-electron chi connectivity index (χ0n) is 18.0. The number of carbonyl (C=O) groups is 1. The minimum atomic E-state index is -0.377. The van der Waals surface area contributed by atoms with Crippen LogP contribution in [0.5, 0.6) is 0 Å². The summed E-state index contributed by atoms with van der Waals surface area (Å²) in [5, 5.41) is 13.4. The number of carbonyl (C=O) groups excluding carboxylic acids is 1. The first kappa shape index (κ1) is 20.6. The zero-order chi connectivity index (χ0) is 22.1. The predicted octanol–water partition coefficient (Wildman–Crippen LogP) is 1.42. The molecule has 166 valence electrons. The third-order valence-corrected chi connectivity index (χ3v) is 6.72. The van der Waals surface area contributed by atoms with E-state index in [1.807, 2.05) is 0 Å². The van der Waals surface area contributed by atoms with E-state index in [9.17, 15) is 9.90 Å². The van der Waals surface area contributed by atoms with Gasteiger partial charge in [-0.2, -0.15) is 4.98 Å². The highest BCUT2D eigenvalue weighted by molar-refractivity contribution is 6.02. The van der Waals surface area contributed by atoms with Crippen molar-refractivity contribution in [2.45, 2.75) is 44.1 Å². The maximum Gasteiger partial charge on any atom is 0.227 e. The third-order valence-electron chi connectivity index (χ3n) is 6.72. The maximum absolute atomic E-state index is 12.7. The van der Waals surface area contributed by atoms with Crippen LogP contribution in [-0.2, 0) is 6.42 Å². The molecule has 0 unspecified atom stereocenters. The van der Waals surface area contributed by atoms with Crippen LogP contribution in [0.15, 0.2) is 12.4 Å². The Bertz CT molecular complexity index is 1050. The van der Waals surface area contributed by atoms with Gasteiger partial charge >= 0.3 is 0 Å². The molecule has 2 aromatic rings. The summed E-state index contributed by atoms with van der Waals surface area (Å²) in [6, 6.07) is 0. The number of hydrogen-bond acceptors (Lipinski definition) is 9. The van der Waals surface area contributed by atoms with E-state index in [-0.39, 0.29) is 17.9 Å². The van der Waals surface area contributed by atoms with Crippen molar-refractivity contribution in [3.8, 4) is 12.3 Å². The lowest BCUT2D eigenvalue weighted by Gasteiger charge is -2.42. The van der Waals surface area contributed by atoms with Crippen molar-refractivity contribution >= 4 is 23.5 Å². The molecule has 32 heavy (non-hydrogen) atoms. The fourth-order valence-electron chi connectivity index (χ4n) is 4.58. The van der Waals surface area contributed by atoms with Gasteiger partial charge in [0.1, 0.15) is 5.82 Å². The number of anilines is 3. The largest absolute Gasteiger partial charge is 0.394 e. The van der Waals surface area contributed by atoms with Gasteiger partial charge in [0.2, 0.25) is 11.9 Å². The highest BCUT2D eigenvalue weighted by atomic mass is 16.3. The van der Waals surface area contributed by atoms with Gasteiger partial charge in [-0.15, -0.1) is 6.42 Å². The van der Waals surface area contributed by atoms with Crippen LogP contribution in [0.3, 0.4) is 0 Å². The number of nitrogens with one attached hydrogen (secondary N) is 1. The van der Waals surface area contributed by atoms with Crippen LogP contribution in [0.1, 0.15) is 53.7 Å². The molecule has 3 heterocycles. The van der Waals surface area contributed by atoms with Crippen LogP contribution < -0.4 is 15.1 Å². The number of aliphatic hydroxyl groups excluding tert-OH is 1. The lowest BCUT2D eigenvalue weighted by molar-refractivity contribution is 0.0970. The molecule has 1 aliphatic heterocycles. The Morgan fingerprint density at radius 2 is 1.72 bits per heavy atom. The van der Waals surface area contributed by atoms with Gasteiger partial charge in [-0.25, -0.2) is 15.0 Å². The fourth-order valence-corrected chi connectivity index (χ4v) is 4.58. The second-order valence-corrected chi connectivity index (χ2v) is 8.78. The molecule has 5 rings (SSSR count). The van der Waals surface area contributed by atoms with Gasteiger partial charge < -0.3 is 20.2 Å². The van der Waals surface area contributed by atoms with Crippen molar-refractivity contribution in [3.63, 3.8) is 0 Å². The Kier molecular flexibility index (Phi) is 5.39. The lowest BCUT2D eigenvalue weighted by atomic mass is 9.77. The zero-order valence-corrected chi connectivity index (χ0v) is 18.0. The Labute approximate surface area is 187 Å². The van der Waals surface area contributed by atoms with Crippen LogP contribution >= 0.6 is 0 Å². The van der Waals surface area contributed by atoms with E-state index in [4.69, 9.17) is 16.4 Å². The van der Waals surface area contributed by atoms with E-state index in [2.05, 4.69) is 31.0 Å². The van der Waals surface area contributed by atoms with Crippen LogP contribution in [0.25, 0.3) is 0 Å². The standard InChI is InChI=1S/C23H27N7O2/c1-2-16-13-24-21(25-14-16)29-9-11-30(12-10-29)22-26-17-5-3-6-18(32)19(17)20(27-22)28-23(15-31)7-4-8-23/h1,13-14,31H,3-12,15H2,(H,26,27,28). The summed E-state index contributed by atoms with van der Waals surface area (Å²) in [5.41, 5.74) is 1.71. The van der Waals surface area contributed by atoms with Crippen molar-refractivity contribution in [2.24, 2.45) is 0 Å². The van der Waals surface area contributed by atoms with Gasteiger partial charge in [0, 0.05) is 45.0 Å². The lowest BCUT2D eigenvalue weighted by Crippen LogP contribution is -2.50. The first-order valence-electron chi connectivity index (χ1n) is 11.2.